The molecule has 0 N–H and O–H groups in total. The molecule has 9 rings (SSSR count). The Morgan fingerprint density at radius 2 is 1.00 bits per heavy atom. The third-order valence-electron chi connectivity index (χ3n) is 8.47. The van der Waals surface area contributed by atoms with E-state index in [0.717, 1.165) is 78.6 Å². The molecule has 0 aliphatic heterocycles. The molecule has 216 valence electrons. The second-order valence-electron chi connectivity index (χ2n) is 11.2. The Hall–Kier alpha value is -6.40. The molecule has 5 aromatic heterocycles. The zero-order valence-electron chi connectivity index (χ0n) is 24.7. The van der Waals surface area contributed by atoms with Crippen molar-refractivity contribution in [3.05, 3.63) is 158 Å². The monoisotopic (exact) mass is 590 g/mol. The lowest BCUT2D eigenvalue weighted by Gasteiger charge is -2.17. The second kappa shape index (κ2) is 10.6. The summed E-state index contributed by atoms with van der Waals surface area (Å²) in [5, 5.41) is 0. The van der Waals surface area contributed by atoms with Crippen molar-refractivity contribution in [1.29, 1.82) is 0 Å². The van der Waals surface area contributed by atoms with Crippen molar-refractivity contribution in [2.75, 3.05) is 0 Å². The number of para-hydroxylation sites is 4. The fourth-order valence-electron chi connectivity index (χ4n) is 6.41. The maximum absolute atomic E-state index is 5.35. The van der Waals surface area contributed by atoms with Gasteiger partial charge in [-0.05, 0) is 83.9 Å². The van der Waals surface area contributed by atoms with E-state index in [1.807, 2.05) is 60.9 Å². The van der Waals surface area contributed by atoms with Crippen LogP contribution in [0.3, 0.4) is 0 Å². The van der Waals surface area contributed by atoms with E-state index in [0.29, 0.717) is 0 Å². The molecule has 0 fully saturated rings. The van der Waals surface area contributed by atoms with E-state index in [2.05, 4.69) is 106 Å². The number of rotatable bonds is 5. The Kier molecular flexibility index (Phi) is 6.03. The topological polar surface area (TPSA) is 60.9 Å². The minimum absolute atomic E-state index is 0.797. The van der Waals surface area contributed by atoms with Gasteiger partial charge in [0.25, 0.3) is 0 Å². The van der Waals surface area contributed by atoms with E-state index in [4.69, 9.17) is 19.9 Å². The summed E-state index contributed by atoms with van der Waals surface area (Å²) in [6, 6.07) is 49.8. The molecular weight excluding hydrogens is 564 g/mol. The van der Waals surface area contributed by atoms with Crippen LogP contribution in [0.15, 0.2) is 158 Å². The zero-order valence-corrected chi connectivity index (χ0v) is 24.7. The normalized spacial score (nSPS) is 11.5. The first-order valence-electron chi connectivity index (χ1n) is 15.2. The van der Waals surface area contributed by atoms with Crippen LogP contribution in [0.4, 0.5) is 0 Å². The van der Waals surface area contributed by atoms with Crippen molar-refractivity contribution < 1.29 is 0 Å². The molecule has 0 atom stereocenters. The molecule has 6 heteroatoms. The van der Waals surface area contributed by atoms with Crippen LogP contribution in [0.1, 0.15) is 0 Å². The van der Waals surface area contributed by atoms with E-state index >= 15 is 0 Å². The minimum atomic E-state index is 0.797. The van der Waals surface area contributed by atoms with Crippen molar-refractivity contribution in [2.24, 2.45) is 0 Å². The molecule has 0 saturated carbocycles. The highest BCUT2D eigenvalue weighted by Gasteiger charge is 2.20. The number of imidazole rings is 2. The minimum Gasteiger partial charge on any atom is -0.276 e. The highest BCUT2D eigenvalue weighted by Crippen LogP contribution is 2.41. The molecule has 9 aromatic rings. The van der Waals surface area contributed by atoms with Crippen LogP contribution in [-0.2, 0) is 0 Å². The SMILES string of the molecule is c1ccc(-c2cc(-c3ccccn3)c(-c3ccccn3)cc2-c2cccc(-n3c4ccccc4n4c5ccccc5nc34)n2)cc1. The van der Waals surface area contributed by atoms with Crippen molar-refractivity contribution in [3.63, 3.8) is 0 Å². The second-order valence-corrected chi connectivity index (χ2v) is 11.2. The third kappa shape index (κ3) is 4.19. The van der Waals surface area contributed by atoms with E-state index in [1.54, 1.807) is 0 Å². The summed E-state index contributed by atoms with van der Waals surface area (Å²) < 4.78 is 4.37. The standard InChI is InChI=1S/C40H26N6/c1-2-13-27(14-3-1)28-25-30(32-15-8-10-23-41-32)31(33-16-9-11-24-42-33)26-29(28)34-18-12-22-39(43-34)46-38-21-7-6-20-37(38)45-36-19-5-4-17-35(36)44-40(45)46/h1-26H. The lowest BCUT2D eigenvalue weighted by molar-refractivity contribution is 1.04. The highest BCUT2D eigenvalue weighted by molar-refractivity contribution is 5.94. The van der Waals surface area contributed by atoms with Gasteiger partial charge in [-0.1, -0.05) is 72.8 Å². The van der Waals surface area contributed by atoms with E-state index in [9.17, 15) is 0 Å². The average Bonchev–Trinajstić information content (AvgIpc) is 3.67. The zero-order chi connectivity index (χ0) is 30.5. The summed E-state index contributed by atoms with van der Waals surface area (Å²) >= 11 is 0. The molecule has 0 aliphatic carbocycles. The summed E-state index contributed by atoms with van der Waals surface area (Å²) in [6.07, 6.45) is 3.66. The molecule has 0 bridgehead atoms. The fourth-order valence-corrected chi connectivity index (χ4v) is 6.41. The van der Waals surface area contributed by atoms with Crippen LogP contribution in [0, 0.1) is 0 Å². The van der Waals surface area contributed by atoms with Gasteiger partial charge < -0.3 is 0 Å². The molecule has 0 unspecified atom stereocenters. The van der Waals surface area contributed by atoms with Gasteiger partial charge in [-0.15, -0.1) is 0 Å². The van der Waals surface area contributed by atoms with Gasteiger partial charge in [0, 0.05) is 29.1 Å². The van der Waals surface area contributed by atoms with E-state index < -0.39 is 0 Å². The van der Waals surface area contributed by atoms with Crippen LogP contribution < -0.4 is 0 Å². The molecule has 0 saturated heterocycles. The summed E-state index contributed by atoms with van der Waals surface area (Å²) in [5.41, 5.74) is 12.0. The summed E-state index contributed by atoms with van der Waals surface area (Å²) in [6.45, 7) is 0. The van der Waals surface area contributed by atoms with Crippen LogP contribution >= 0.6 is 0 Å². The molecule has 0 radical (unpaired) electrons. The number of fused-ring (bicyclic) bond motifs is 5. The average molecular weight is 591 g/mol. The van der Waals surface area contributed by atoms with Crippen LogP contribution in [0.25, 0.3) is 78.6 Å². The molecule has 46 heavy (non-hydrogen) atoms. The molecule has 4 aromatic carbocycles. The number of benzene rings is 4. The molecule has 0 aliphatic rings. The molecule has 0 amide bonds. The highest BCUT2D eigenvalue weighted by atomic mass is 15.2. The van der Waals surface area contributed by atoms with Crippen LogP contribution in [-0.4, -0.2) is 28.9 Å². The van der Waals surface area contributed by atoms with Gasteiger partial charge in [-0.2, -0.15) is 0 Å². The number of hydrogen-bond acceptors (Lipinski definition) is 4. The van der Waals surface area contributed by atoms with Gasteiger partial charge in [-0.3, -0.25) is 18.9 Å². The van der Waals surface area contributed by atoms with Crippen LogP contribution in [0.5, 0.6) is 0 Å². The van der Waals surface area contributed by atoms with E-state index in [-0.39, 0.29) is 0 Å². The fraction of sp³-hybridized carbons (Fsp3) is 0. The molecule has 5 heterocycles. The molecule has 6 nitrogen and oxygen atoms in total. The largest absolute Gasteiger partial charge is 0.276 e. The first-order valence-corrected chi connectivity index (χ1v) is 15.2. The van der Waals surface area contributed by atoms with Gasteiger partial charge in [0.15, 0.2) is 0 Å². The Labute approximate surface area is 264 Å². The smallest absolute Gasteiger partial charge is 0.221 e. The first kappa shape index (κ1) is 26.0. The number of nitrogens with zero attached hydrogens (tertiary/aromatic N) is 6. The van der Waals surface area contributed by atoms with E-state index in [1.165, 1.54) is 0 Å². The summed E-state index contributed by atoms with van der Waals surface area (Å²) in [5.74, 6) is 1.63. The lowest BCUT2D eigenvalue weighted by atomic mass is 9.89. The predicted octanol–water partition coefficient (Wildman–Crippen LogP) is 9.28. The Bertz CT molecular complexity index is 2520. The Balaban J connectivity index is 1.32. The summed E-state index contributed by atoms with van der Waals surface area (Å²) in [7, 11) is 0. The van der Waals surface area contributed by atoms with Crippen molar-refractivity contribution in [3.8, 4) is 50.7 Å². The first-order chi connectivity index (χ1) is 22.8. The number of hydrogen-bond donors (Lipinski definition) is 0. The number of aromatic nitrogens is 6. The Morgan fingerprint density at radius 3 is 1.72 bits per heavy atom. The quantitative estimate of drug-likeness (QED) is 0.200. The van der Waals surface area contributed by atoms with Gasteiger partial charge in [0.2, 0.25) is 5.78 Å². The van der Waals surface area contributed by atoms with Crippen molar-refractivity contribution in [1.82, 2.24) is 28.9 Å². The lowest BCUT2D eigenvalue weighted by Crippen LogP contribution is -2.01. The molecule has 0 spiro atoms. The Morgan fingerprint density at radius 1 is 0.413 bits per heavy atom. The third-order valence-corrected chi connectivity index (χ3v) is 8.47. The van der Waals surface area contributed by atoms with Crippen LogP contribution in [0.2, 0.25) is 0 Å². The summed E-state index contributed by atoms with van der Waals surface area (Å²) in [4.78, 5) is 19.9. The van der Waals surface area contributed by atoms with Crippen molar-refractivity contribution in [2.45, 2.75) is 0 Å². The maximum Gasteiger partial charge on any atom is 0.221 e. The molecular formula is C40H26N6. The predicted molar refractivity (Wildman–Crippen MR) is 185 cm³/mol. The van der Waals surface area contributed by atoms with Gasteiger partial charge >= 0.3 is 0 Å². The number of pyridine rings is 3. The van der Waals surface area contributed by atoms with Gasteiger partial charge in [-0.25, -0.2) is 9.97 Å². The maximum atomic E-state index is 5.35. The van der Waals surface area contributed by atoms with Crippen molar-refractivity contribution >= 4 is 27.8 Å². The van der Waals surface area contributed by atoms with Gasteiger partial charge in [0.05, 0.1) is 39.1 Å². The van der Waals surface area contributed by atoms with Gasteiger partial charge in [0.1, 0.15) is 5.82 Å².